The Hall–Kier alpha value is -3.69. The van der Waals surface area contributed by atoms with Crippen LogP contribution in [-0.2, 0) is 9.68 Å². The van der Waals surface area contributed by atoms with Crippen LogP contribution in [0.1, 0.15) is 123 Å². The molecule has 244 valence electrons. The van der Waals surface area contributed by atoms with E-state index in [2.05, 4.69) is 24.2 Å². The van der Waals surface area contributed by atoms with Gasteiger partial charge in [0.05, 0.1) is 17.0 Å². The van der Waals surface area contributed by atoms with E-state index in [0.717, 1.165) is 63.4 Å². The molecule has 0 bridgehead atoms. The zero-order valence-electron chi connectivity index (χ0n) is 27.7. The van der Waals surface area contributed by atoms with E-state index in [4.69, 9.17) is 14.1 Å². The molecule has 10 nitrogen and oxygen atoms in total. The van der Waals surface area contributed by atoms with E-state index in [1.165, 1.54) is 4.90 Å². The van der Waals surface area contributed by atoms with Gasteiger partial charge >= 0.3 is 17.8 Å². The minimum Gasteiger partial charge on any atom is -0.422 e. The molecule has 0 aliphatic heterocycles. The van der Waals surface area contributed by atoms with Crippen LogP contribution in [0, 0.1) is 0 Å². The third kappa shape index (κ3) is 11.4. The third-order valence-corrected chi connectivity index (χ3v) is 7.68. The van der Waals surface area contributed by atoms with Crippen molar-refractivity contribution in [2.45, 2.75) is 112 Å². The highest BCUT2D eigenvalue weighted by molar-refractivity contribution is 6.04. The van der Waals surface area contributed by atoms with Crippen LogP contribution in [0.3, 0.4) is 0 Å². The van der Waals surface area contributed by atoms with Gasteiger partial charge in [0.1, 0.15) is 5.58 Å². The molecule has 0 aliphatic carbocycles. The van der Waals surface area contributed by atoms with Crippen molar-refractivity contribution < 1.29 is 23.7 Å². The summed E-state index contributed by atoms with van der Waals surface area (Å²) < 4.78 is 5.79. The molecule has 0 saturated carbocycles. The van der Waals surface area contributed by atoms with E-state index >= 15 is 0 Å². The number of fused-ring (bicyclic) bond motifs is 1. The first-order chi connectivity index (χ1) is 21.3. The Morgan fingerprint density at radius 2 is 1.18 bits per heavy atom. The Morgan fingerprint density at radius 3 is 1.73 bits per heavy atom. The van der Waals surface area contributed by atoms with Crippen molar-refractivity contribution in [1.82, 2.24) is 9.80 Å². The van der Waals surface area contributed by atoms with Gasteiger partial charge < -0.3 is 14.2 Å². The Balaban J connectivity index is 2.43. The summed E-state index contributed by atoms with van der Waals surface area (Å²) in [6.07, 6.45) is 9.33. The molecule has 1 heterocycles. The third-order valence-electron chi connectivity index (χ3n) is 7.68. The lowest BCUT2D eigenvalue weighted by Gasteiger charge is -2.16. The Kier molecular flexibility index (Phi) is 16.8. The maximum absolute atomic E-state index is 13.3. The molecule has 0 radical (unpaired) electrons. The highest BCUT2D eigenvalue weighted by atomic mass is 16.7. The molecule has 0 unspecified atom stereocenters. The van der Waals surface area contributed by atoms with E-state index in [9.17, 15) is 14.4 Å². The molecule has 0 fully saturated rings. The predicted octanol–water partition coefficient (Wildman–Crippen LogP) is 8.49. The summed E-state index contributed by atoms with van der Waals surface area (Å²) in [5, 5.41) is 9.09. The van der Waals surface area contributed by atoms with Crippen LogP contribution in [0.2, 0.25) is 0 Å². The molecule has 2 aromatic rings. The van der Waals surface area contributed by atoms with Crippen molar-refractivity contribution >= 4 is 34.6 Å². The summed E-state index contributed by atoms with van der Waals surface area (Å²) in [6, 6.07) is 7.23. The van der Waals surface area contributed by atoms with E-state index in [0.29, 0.717) is 61.4 Å². The quantitative estimate of drug-likeness (QED) is 0.0517. The molecule has 0 saturated heterocycles. The summed E-state index contributed by atoms with van der Waals surface area (Å²) in [5.41, 5.74) is 1.83. The molecule has 2 rings (SSSR count). The largest absolute Gasteiger partial charge is 0.435 e. The van der Waals surface area contributed by atoms with Crippen LogP contribution in [-0.4, -0.2) is 59.6 Å². The van der Waals surface area contributed by atoms with Crippen LogP contribution in [0.5, 0.6) is 0 Å². The molecular weight excluding hydrogens is 560 g/mol. The van der Waals surface area contributed by atoms with Crippen LogP contribution in [0.25, 0.3) is 11.0 Å². The van der Waals surface area contributed by atoms with Gasteiger partial charge in [0.25, 0.3) is 0 Å². The van der Waals surface area contributed by atoms with Gasteiger partial charge in [-0.25, -0.2) is 14.4 Å². The number of carbonyl (C=O) groups excluding carboxylic acids is 2. The normalized spacial score (nSPS) is 12.0. The van der Waals surface area contributed by atoms with Crippen LogP contribution in [0.15, 0.2) is 43.8 Å². The fourth-order valence-electron chi connectivity index (χ4n) is 4.85. The number of benzene rings is 1. The highest BCUT2D eigenvalue weighted by Gasteiger charge is 2.18. The zero-order chi connectivity index (χ0) is 32.3. The van der Waals surface area contributed by atoms with Crippen LogP contribution < -0.4 is 5.63 Å². The van der Waals surface area contributed by atoms with Gasteiger partial charge in [-0.15, -0.1) is 0 Å². The molecule has 1 aromatic heterocycles. The van der Waals surface area contributed by atoms with Gasteiger partial charge in [-0.3, -0.25) is 9.68 Å². The van der Waals surface area contributed by atoms with E-state index in [1.807, 2.05) is 39.8 Å². The van der Waals surface area contributed by atoms with Crippen molar-refractivity contribution in [2.24, 2.45) is 10.3 Å². The number of hydrogen-bond acceptors (Lipinski definition) is 8. The lowest BCUT2D eigenvalue weighted by atomic mass is 10.0. The highest BCUT2D eigenvalue weighted by Crippen LogP contribution is 2.21. The summed E-state index contributed by atoms with van der Waals surface area (Å²) >= 11 is 0. The van der Waals surface area contributed by atoms with Gasteiger partial charge in [-0.2, -0.15) is 0 Å². The number of oxime groups is 2. The minimum atomic E-state index is -0.560. The number of unbranched alkanes of at least 4 members (excludes halogenated alkanes) is 7. The van der Waals surface area contributed by atoms with E-state index in [1.54, 1.807) is 17.0 Å². The van der Waals surface area contributed by atoms with E-state index < -0.39 is 17.8 Å². The van der Waals surface area contributed by atoms with Crippen molar-refractivity contribution in [3.05, 3.63) is 45.8 Å². The summed E-state index contributed by atoms with van der Waals surface area (Å²) in [6.45, 7) is 13.9. The SMILES string of the molecule is CCCCCCC/C(=N\OC(=O)N(CC)CC)c1cc2ccc(/C(CCCCCC)=N/OC(=O)N(CC)CC)cc2oc1=O. The number of rotatable bonds is 19. The van der Waals surface area contributed by atoms with Crippen molar-refractivity contribution in [2.75, 3.05) is 26.2 Å². The lowest BCUT2D eigenvalue weighted by Crippen LogP contribution is -2.30. The van der Waals surface area contributed by atoms with Crippen molar-refractivity contribution in [1.29, 1.82) is 0 Å². The number of amides is 2. The molecule has 10 heteroatoms. The Labute approximate surface area is 262 Å². The molecule has 1 aromatic carbocycles. The van der Waals surface area contributed by atoms with Gasteiger partial charge in [0.15, 0.2) is 0 Å². The molecule has 2 amide bonds. The topological polar surface area (TPSA) is 114 Å². The smallest absolute Gasteiger partial charge is 0.422 e. The van der Waals surface area contributed by atoms with Gasteiger partial charge in [0.2, 0.25) is 0 Å². The summed E-state index contributed by atoms with van der Waals surface area (Å²) in [4.78, 5) is 51.9. The molecule has 0 spiro atoms. The predicted molar refractivity (Wildman–Crippen MR) is 176 cm³/mol. The fraction of sp³-hybridized carbons (Fsp3) is 0.618. The Morgan fingerprint density at radius 1 is 0.682 bits per heavy atom. The van der Waals surface area contributed by atoms with E-state index in [-0.39, 0.29) is 5.56 Å². The first-order valence-electron chi connectivity index (χ1n) is 16.5. The zero-order valence-corrected chi connectivity index (χ0v) is 27.7. The fourth-order valence-corrected chi connectivity index (χ4v) is 4.85. The number of nitrogens with zero attached hydrogens (tertiary/aromatic N) is 4. The Bertz CT molecular complexity index is 1290. The number of hydrogen-bond donors (Lipinski definition) is 0. The molecule has 44 heavy (non-hydrogen) atoms. The molecule has 0 aliphatic rings. The minimum absolute atomic E-state index is 0.273. The number of carbonyl (C=O) groups is 2. The summed E-state index contributed by atoms with van der Waals surface area (Å²) in [7, 11) is 0. The lowest BCUT2D eigenvalue weighted by molar-refractivity contribution is 0.108. The van der Waals surface area contributed by atoms with Crippen LogP contribution >= 0.6 is 0 Å². The second kappa shape index (κ2) is 20.3. The molecule has 0 N–H and O–H groups in total. The van der Waals surface area contributed by atoms with Gasteiger partial charge in [-0.05, 0) is 65.5 Å². The monoisotopic (exact) mass is 612 g/mol. The second-order valence-electron chi connectivity index (χ2n) is 10.8. The second-order valence-corrected chi connectivity index (χ2v) is 10.8. The average Bonchev–Trinajstić information content (AvgIpc) is 3.02. The maximum Gasteiger partial charge on any atom is 0.435 e. The molecular formula is C34H52N4O6. The maximum atomic E-state index is 13.3. The van der Waals surface area contributed by atoms with Gasteiger partial charge in [-0.1, -0.05) is 81.2 Å². The molecule has 0 atom stereocenters. The first-order valence-corrected chi connectivity index (χ1v) is 16.5. The van der Waals surface area contributed by atoms with Crippen molar-refractivity contribution in [3.8, 4) is 0 Å². The van der Waals surface area contributed by atoms with Crippen LogP contribution in [0.4, 0.5) is 9.59 Å². The average molecular weight is 613 g/mol. The van der Waals surface area contributed by atoms with Gasteiger partial charge in [0, 0.05) is 37.1 Å². The van der Waals surface area contributed by atoms with Crippen molar-refractivity contribution in [3.63, 3.8) is 0 Å². The first kappa shape index (κ1) is 36.5. The standard InChI is InChI=1S/C34H52N4O6/c1-7-13-15-17-19-21-30(36-44-34(41)38(11-5)12-6)28-24-27-23-22-26(25-31(27)42-32(28)39)29(20-18-16-14-8-2)35-43-33(40)37(9-3)10-4/h22-25H,7-21H2,1-6H3/b35-29+,36-30+. The summed E-state index contributed by atoms with van der Waals surface area (Å²) in [5.74, 6) is 0.